The zero-order valence-corrected chi connectivity index (χ0v) is 15.1. The van der Waals surface area contributed by atoms with E-state index in [9.17, 15) is 14.9 Å². The zero-order chi connectivity index (χ0) is 19.4. The fourth-order valence-electron chi connectivity index (χ4n) is 3.17. The van der Waals surface area contributed by atoms with E-state index in [0.717, 1.165) is 23.2 Å². The summed E-state index contributed by atoms with van der Waals surface area (Å²) in [6.07, 6.45) is 2.86. The summed E-state index contributed by atoms with van der Waals surface area (Å²) in [6, 6.07) is 11.3. The molecule has 1 aromatic heterocycles. The minimum atomic E-state index is -0.426. The highest BCUT2D eigenvalue weighted by atomic mass is 16.2. The Morgan fingerprint density at radius 1 is 1.26 bits per heavy atom. The lowest BCUT2D eigenvalue weighted by Gasteiger charge is -2.08. The Bertz CT molecular complexity index is 961. The lowest BCUT2D eigenvalue weighted by atomic mass is 9.99. The number of benzene rings is 1. The molecule has 136 valence electrons. The van der Waals surface area contributed by atoms with Crippen molar-refractivity contribution in [2.75, 3.05) is 7.05 Å². The summed E-state index contributed by atoms with van der Waals surface area (Å²) in [6.45, 7) is 1.88. The molecule has 2 aromatic rings. The van der Waals surface area contributed by atoms with Crippen molar-refractivity contribution in [3.63, 3.8) is 0 Å². The SMILES string of the molecule is CNC(=O)N/C=C(\C=O)c1cc(C2C[C@@H]2c2ccccc2C#N)c(C)nn1. The van der Waals surface area contributed by atoms with Crippen molar-refractivity contribution < 1.29 is 9.59 Å². The van der Waals surface area contributed by atoms with Crippen LogP contribution in [0.2, 0.25) is 0 Å². The van der Waals surface area contributed by atoms with Crippen LogP contribution in [0, 0.1) is 18.3 Å². The van der Waals surface area contributed by atoms with E-state index in [4.69, 9.17) is 0 Å². The van der Waals surface area contributed by atoms with E-state index in [-0.39, 0.29) is 17.4 Å². The van der Waals surface area contributed by atoms with Crippen molar-refractivity contribution in [1.82, 2.24) is 20.8 Å². The van der Waals surface area contributed by atoms with Gasteiger partial charge in [0.25, 0.3) is 0 Å². The van der Waals surface area contributed by atoms with E-state index in [0.29, 0.717) is 17.5 Å². The third kappa shape index (κ3) is 3.85. The van der Waals surface area contributed by atoms with Crippen molar-refractivity contribution >= 4 is 17.9 Å². The summed E-state index contributed by atoms with van der Waals surface area (Å²) < 4.78 is 0. The fourth-order valence-corrected chi connectivity index (χ4v) is 3.17. The van der Waals surface area contributed by atoms with Crippen LogP contribution in [0.4, 0.5) is 4.79 Å². The molecule has 1 aromatic carbocycles. The summed E-state index contributed by atoms with van der Waals surface area (Å²) >= 11 is 0. The molecule has 1 heterocycles. The second-order valence-corrected chi connectivity index (χ2v) is 6.36. The molecule has 1 unspecified atom stereocenters. The Hall–Kier alpha value is -3.53. The first kappa shape index (κ1) is 18.3. The molecular formula is C20H19N5O2. The number of nitrogens with zero attached hydrogens (tertiary/aromatic N) is 3. The number of hydrogen-bond donors (Lipinski definition) is 2. The van der Waals surface area contributed by atoms with E-state index >= 15 is 0 Å². The number of aryl methyl sites for hydroxylation is 1. The van der Waals surface area contributed by atoms with Crippen molar-refractivity contribution in [1.29, 1.82) is 5.26 Å². The molecule has 1 saturated carbocycles. The van der Waals surface area contributed by atoms with Crippen LogP contribution in [0.3, 0.4) is 0 Å². The number of nitriles is 1. The van der Waals surface area contributed by atoms with E-state index in [1.54, 1.807) is 0 Å². The highest BCUT2D eigenvalue weighted by Gasteiger charge is 2.42. The minimum Gasteiger partial charge on any atom is -0.341 e. The standard InChI is InChI=1S/C20H19N5O2/c1-12-16(18-7-17(18)15-6-4-3-5-13(15)9-21)8-19(25-24-12)14(11-26)10-23-20(27)22-2/h3-6,8,10-11,17-18H,7H2,1-2H3,(H2,22,23,27)/b14-10+/t17-,18?/m1/s1. The molecule has 0 radical (unpaired) electrons. The van der Waals surface area contributed by atoms with Crippen LogP contribution >= 0.6 is 0 Å². The van der Waals surface area contributed by atoms with Crippen LogP contribution in [-0.4, -0.2) is 29.6 Å². The Kier molecular flexibility index (Phi) is 5.27. The summed E-state index contributed by atoms with van der Waals surface area (Å²) in [4.78, 5) is 22.7. The number of aromatic nitrogens is 2. The molecule has 7 nitrogen and oxygen atoms in total. The highest BCUT2D eigenvalue weighted by Crippen LogP contribution is 2.55. The van der Waals surface area contributed by atoms with Gasteiger partial charge in [-0.25, -0.2) is 4.79 Å². The maximum atomic E-state index is 11.4. The predicted octanol–water partition coefficient (Wildman–Crippen LogP) is 2.40. The molecule has 0 spiro atoms. The molecule has 7 heteroatoms. The van der Waals surface area contributed by atoms with Crippen LogP contribution in [0.25, 0.3) is 5.57 Å². The molecule has 0 aliphatic heterocycles. The maximum Gasteiger partial charge on any atom is 0.318 e. The van der Waals surface area contributed by atoms with E-state index in [2.05, 4.69) is 26.9 Å². The van der Waals surface area contributed by atoms with Gasteiger partial charge in [0.05, 0.1) is 28.6 Å². The molecule has 1 aliphatic rings. The summed E-state index contributed by atoms with van der Waals surface area (Å²) in [5.41, 5.74) is 4.17. The molecule has 0 saturated heterocycles. The second kappa shape index (κ2) is 7.79. The first-order chi connectivity index (χ1) is 13.1. The van der Waals surface area contributed by atoms with Gasteiger partial charge in [0.1, 0.15) is 0 Å². The van der Waals surface area contributed by atoms with Gasteiger partial charge in [-0.15, -0.1) is 0 Å². The van der Waals surface area contributed by atoms with Gasteiger partial charge >= 0.3 is 6.03 Å². The molecule has 2 N–H and O–H groups in total. The van der Waals surface area contributed by atoms with Crippen LogP contribution in [0.15, 0.2) is 36.5 Å². The Labute approximate surface area is 157 Å². The lowest BCUT2D eigenvalue weighted by Crippen LogP contribution is -2.28. The number of urea groups is 1. The number of carbonyl (C=O) groups is 2. The molecule has 2 amide bonds. The number of amides is 2. The Balaban J connectivity index is 1.88. The van der Waals surface area contributed by atoms with Crippen molar-refractivity contribution in [3.05, 3.63) is 64.6 Å². The van der Waals surface area contributed by atoms with Crippen molar-refractivity contribution in [3.8, 4) is 6.07 Å². The number of aldehydes is 1. The quantitative estimate of drug-likeness (QED) is 0.628. The molecule has 1 aliphatic carbocycles. The average Bonchev–Trinajstić information content (AvgIpc) is 3.49. The summed E-state index contributed by atoms with van der Waals surface area (Å²) in [5.74, 6) is 0.484. The normalized spacial score (nSPS) is 18.3. The van der Waals surface area contributed by atoms with Crippen LogP contribution in [0.5, 0.6) is 0 Å². The number of allylic oxidation sites excluding steroid dienone is 1. The molecule has 27 heavy (non-hydrogen) atoms. The highest BCUT2D eigenvalue weighted by molar-refractivity contribution is 6.06. The van der Waals surface area contributed by atoms with Crippen LogP contribution < -0.4 is 10.6 Å². The lowest BCUT2D eigenvalue weighted by molar-refractivity contribution is -0.103. The van der Waals surface area contributed by atoms with Gasteiger partial charge in [-0.3, -0.25) is 4.79 Å². The first-order valence-corrected chi connectivity index (χ1v) is 8.56. The Morgan fingerprint density at radius 2 is 2.00 bits per heavy atom. The molecule has 2 atom stereocenters. The number of carbonyl (C=O) groups excluding carboxylic acids is 2. The second-order valence-electron chi connectivity index (χ2n) is 6.36. The molecule has 1 fully saturated rings. The summed E-state index contributed by atoms with van der Waals surface area (Å²) in [5, 5.41) is 22.5. The van der Waals surface area contributed by atoms with Crippen LogP contribution in [-0.2, 0) is 4.79 Å². The molecule has 3 rings (SSSR count). The fraction of sp³-hybridized carbons (Fsp3) is 0.250. The van der Waals surface area contributed by atoms with Crippen molar-refractivity contribution in [2.45, 2.75) is 25.2 Å². The molecule has 0 bridgehead atoms. The number of rotatable bonds is 5. The van der Waals surface area contributed by atoms with E-state index in [1.165, 1.54) is 13.2 Å². The van der Waals surface area contributed by atoms with Gasteiger partial charge in [0.2, 0.25) is 0 Å². The topological polar surface area (TPSA) is 108 Å². The van der Waals surface area contributed by atoms with Gasteiger partial charge in [0, 0.05) is 13.2 Å². The van der Waals surface area contributed by atoms with Crippen molar-refractivity contribution in [2.24, 2.45) is 0 Å². The minimum absolute atomic E-state index is 0.230. The van der Waals surface area contributed by atoms with Gasteiger partial charge in [-0.2, -0.15) is 15.5 Å². The predicted molar refractivity (Wildman–Crippen MR) is 99.7 cm³/mol. The van der Waals surface area contributed by atoms with Crippen LogP contribution in [0.1, 0.15) is 46.3 Å². The van der Waals surface area contributed by atoms with Gasteiger partial charge < -0.3 is 10.6 Å². The largest absolute Gasteiger partial charge is 0.341 e. The van der Waals surface area contributed by atoms with E-state index in [1.807, 2.05) is 37.3 Å². The smallest absolute Gasteiger partial charge is 0.318 e. The third-order valence-corrected chi connectivity index (χ3v) is 4.70. The van der Waals surface area contributed by atoms with Gasteiger partial charge in [-0.05, 0) is 48.4 Å². The van der Waals surface area contributed by atoms with E-state index < -0.39 is 6.03 Å². The number of nitrogens with one attached hydrogen (secondary N) is 2. The monoisotopic (exact) mass is 361 g/mol. The zero-order valence-electron chi connectivity index (χ0n) is 15.1. The van der Waals surface area contributed by atoms with Gasteiger partial charge in [-0.1, -0.05) is 18.2 Å². The summed E-state index contributed by atoms with van der Waals surface area (Å²) in [7, 11) is 1.49. The molecular weight excluding hydrogens is 342 g/mol. The maximum absolute atomic E-state index is 11.4. The first-order valence-electron chi connectivity index (χ1n) is 8.56. The average molecular weight is 361 g/mol. The Morgan fingerprint density at radius 3 is 2.70 bits per heavy atom. The van der Waals surface area contributed by atoms with Gasteiger partial charge in [0.15, 0.2) is 6.29 Å². The third-order valence-electron chi connectivity index (χ3n) is 4.70. The number of hydrogen-bond acceptors (Lipinski definition) is 5.